The lowest BCUT2D eigenvalue weighted by Gasteiger charge is -2.29. The van der Waals surface area contributed by atoms with Gasteiger partial charge in [0.1, 0.15) is 17.6 Å². The van der Waals surface area contributed by atoms with Crippen LogP contribution in [0.5, 0.6) is 5.75 Å². The molecule has 0 saturated carbocycles. The molecule has 0 radical (unpaired) electrons. The molecule has 3 aromatic carbocycles. The highest BCUT2D eigenvalue weighted by molar-refractivity contribution is 6.04. The second-order valence-electron chi connectivity index (χ2n) is 9.34. The first-order chi connectivity index (χ1) is 19.5. The normalized spacial score (nSPS) is 13.2. The van der Waals surface area contributed by atoms with Crippen molar-refractivity contribution < 1.29 is 13.9 Å². The van der Waals surface area contributed by atoms with Gasteiger partial charge < -0.3 is 20.7 Å². The van der Waals surface area contributed by atoms with E-state index in [-0.39, 0.29) is 28.4 Å². The lowest BCUT2D eigenvalue weighted by Crippen LogP contribution is -2.43. The summed E-state index contributed by atoms with van der Waals surface area (Å²) in [4.78, 5) is 19.2. The molecule has 10 heteroatoms. The van der Waals surface area contributed by atoms with E-state index in [1.54, 1.807) is 30.3 Å². The maximum absolute atomic E-state index is 15.5. The number of H-pyrrole nitrogens is 1. The highest BCUT2D eigenvalue weighted by atomic mass is 19.1. The molecule has 6 rings (SSSR count). The van der Waals surface area contributed by atoms with E-state index >= 15 is 4.39 Å². The third-order valence-electron chi connectivity index (χ3n) is 6.90. The van der Waals surface area contributed by atoms with E-state index in [0.717, 1.165) is 43.5 Å². The number of hydrogen-bond acceptors (Lipinski definition) is 8. The van der Waals surface area contributed by atoms with Gasteiger partial charge in [-0.25, -0.2) is 14.2 Å². The lowest BCUT2D eigenvalue weighted by molar-refractivity contribution is 0.0734. The van der Waals surface area contributed by atoms with Crippen molar-refractivity contribution in [1.29, 1.82) is 5.26 Å². The van der Waals surface area contributed by atoms with Crippen molar-refractivity contribution in [2.24, 2.45) is 0 Å². The average Bonchev–Trinajstić information content (AvgIpc) is 3.37. The molecule has 0 amide bonds. The number of anilines is 2. The van der Waals surface area contributed by atoms with Crippen LogP contribution in [0.15, 0.2) is 72.8 Å². The maximum Gasteiger partial charge on any atom is 0.343 e. The molecule has 1 aliphatic rings. The van der Waals surface area contributed by atoms with Crippen LogP contribution in [-0.2, 0) is 0 Å². The topological polar surface area (TPSA) is 133 Å². The fraction of sp³-hybridized carbons (Fsp3) is 0.133. The Morgan fingerprint density at radius 3 is 2.50 bits per heavy atom. The molecule has 0 bridgehead atoms. The fourth-order valence-corrected chi connectivity index (χ4v) is 4.93. The summed E-state index contributed by atoms with van der Waals surface area (Å²) in [6.07, 6.45) is 0. The van der Waals surface area contributed by atoms with E-state index in [2.05, 4.69) is 31.5 Å². The number of pyridine rings is 1. The third-order valence-corrected chi connectivity index (χ3v) is 6.90. The van der Waals surface area contributed by atoms with E-state index in [1.807, 2.05) is 24.3 Å². The molecule has 4 N–H and O–H groups in total. The molecule has 5 aromatic rings. The molecule has 0 spiro atoms. The zero-order chi connectivity index (χ0) is 27.6. The number of nitrogens with zero attached hydrogens (tertiary/aromatic N) is 4. The van der Waals surface area contributed by atoms with Crippen LogP contribution in [0.2, 0.25) is 0 Å². The Kier molecular flexibility index (Phi) is 6.56. The number of aromatic amines is 1. The molecular formula is C30H24FN7O2. The molecule has 0 unspecified atom stereocenters. The Bertz CT molecular complexity index is 1760. The summed E-state index contributed by atoms with van der Waals surface area (Å²) in [5, 5.41) is 21.0. The van der Waals surface area contributed by atoms with Gasteiger partial charge in [0.05, 0.1) is 22.2 Å². The van der Waals surface area contributed by atoms with Crippen molar-refractivity contribution >= 4 is 28.5 Å². The first-order valence-corrected chi connectivity index (χ1v) is 12.7. The number of esters is 1. The second kappa shape index (κ2) is 10.5. The Labute approximate surface area is 229 Å². The summed E-state index contributed by atoms with van der Waals surface area (Å²) in [5.41, 5.74) is 9.52. The lowest BCUT2D eigenvalue weighted by atomic mass is 9.93. The first kappa shape index (κ1) is 25.0. The van der Waals surface area contributed by atoms with Crippen molar-refractivity contribution in [2.75, 3.05) is 36.8 Å². The van der Waals surface area contributed by atoms with Crippen LogP contribution in [0.1, 0.15) is 15.9 Å². The molecule has 2 aromatic heterocycles. The standard InChI is InChI=1S/C30H24FN7O2/c31-24-16-21(40-30(39)19-4-2-1-3-5-19)10-11-22(24)27-23(17-32)25(26-28(33)36-37-29(26)35-27)18-6-8-20(9-7-18)38-14-12-34-13-15-38/h1-11,16,34H,12-15H2,(H3,33,35,36,37). The Balaban J connectivity index is 1.41. The number of nitriles is 1. The SMILES string of the molecule is N#Cc1c(-c2ccc(OC(=O)c3ccccc3)cc2F)nc2[nH]nc(N)c2c1-c1ccc(N2CCNCC2)cc1. The third kappa shape index (κ3) is 4.59. The number of carbonyl (C=O) groups is 1. The van der Waals surface area contributed by atoms with Crippen molar-refractivity contribution in [1.82, 2.24) is 20.5 Å². The van der Waals surface area contributed by atoms with Crippen molar-refractivity contribution in [2.45, 2.75) is 0 Å². The van der Waals surface area contributed by atoms with Gasteiger partial charge in [0.25, 0.3) is 0 Å². The monoisotopic (exact) mass is 533 g/mol. The largest absolute Gasteiger partial charge is 0.423 e. The van der Waals surface area contributed by atoms with Crippen LogP contribution < -0.4 is 20.7 Å². The average molecular weight is 534 g/mol. The van der Waals surface area contributed by atoms with Gasteiger partial charge in [-0.1, -0.05) is 30.3 Å². The van der Waals surface area contributed by atoms with Crippen LogP contribution in [0.25, 0.3) is 33.4 Å². The van der Waals surface area contributed by atoms with E-state index in [1.165, 1.54) is 12.1 Å². The van der Waals surface area contributed by atoms with Gasteiger partial charge in [-0.15, -0.1) is 0 Å². The van der Waals surface area contributed by atoms with Gasteiger partial charge in [-0.2, -0.15) is 10.4 Å². The number of nitrogens with two attached hydrogens (primary N) is 1. The van der Waals surface area contributed by atoms with Crippen molar-refractivity contribution in [3.05, 3.63) is 89.7 Å². The van der Waals surface area contributed by atoms with Gasteiger partial charge in [-0.3, -0.25) is 5.10 Å². The van der Waals surface area contributed by atoms with Gasteiger partial charge in [0.15, 0.2) is 11.5 Å². The number of piperazine rings is 1. The van der Waals surface area contributed by atoms with Gasteiger partial charge in [0.2, 0.25) is 0 Å². The number of nitrogen functional groups attached to an aromatic ring is 1. The molecule has 0 aliphatic carbocycles. The number of nitrogens with one attached hydrogen (secondary N) is 2. The number of rotatable bonds is 5. The predicted molar refractivity (Wildman–Crippen MR) is 150 cm³/mol. The Morgan fingerprint density at radius 2 is 1.80 bits per heavy atom. The van der Waals surface area contributed by atoms with E-state index in [0.29, 0.717) is 22.2 Å². The summed E-state index contributed by atoms with van der Waals surface area (Å²) in [5.74, 6) is -1.08. The van der Waals surface area contributed by atoms with Crippen LogP contribution in [0.3, 0.4) is 0 Å². The Morgan fingerprint density at radius 1 is 1.05 bits per heavy atom. The minimum Gasteiger partial charge on any atom is -0.423 e. The number of carbonyl (C=O) groups excluding carboxylic acids is 1. The summed E-state index contributed by atoms with van der Waals surface area (Å²) in [7, 11) is 0. The zero-order valence-corrected chi connectivity index (χ0v) is 21.3. The Hall–Kier alpha value is -5.27. The quantitative estimate of drug-likeness (QED) is 0.222. The predicted octanol–water partition coefficient (Wildman–Crippen LogP) is 4.51. The molecule has 9 nitrogen and oxygen atoms in total. The number of hydrogen-bond donors (Lipinski definition) is 3. The van der Waals surface area contributed by atoms with E-state index in [4.69, 9.17) is 10.5 Å². The van der Waals surface area contributed by atoms with Gasteiger partial charge in [-0.05, 0) is 42.0 Å². The van der Waals surface area contributed by atoms with Crippen molar-refractivity contribution in [3.63, 3.8) is 0 Å². The fourth-order valence-electron chi connectivity index (χ4n) is 4.93. The molecule has 1 saturated heterocycles. The molecular weight excluding hydrogens is 509 g/mol. The summed E-state index contributed by atoms with van der Waals surface area (Å²) in [6, 6.07) is 22.5. The first-order valence-electron chi connectivity index (χ1n) is 12.7. The summed E-state index contributed by atoms with van der Waals surface area (Å²) >= 11 is 0. The molecule has 198 valence electrons. The van der Waals surface area contributed by atoms with Gasteiger partial charge in [0, 0.05) is 49.1 Å². The molecule has 1 aliphatic heterocycles. The molecule has 1 fully saturated rings. The van der Waals surface area contributed by atoms with Crippen LogP contribution in [0.4, 0.5) is 15.9 Å². The molecule has 40 heavy (non-hydrogen) atoms. The van der Waals surface area contributed by atoms with Crippen LogP contribution in [-0.4, -0.2) is 47.3 Å². The van der Waals surface area contributed by atoms with Crippen LogP contribution in [0, 0.1) is 17.1 Å². The number of fused-ring (bicyclic) bond motifs is 1. The smallest absolute Gasteiger partial charge is 0.343 e. The summed E-state index contributed by atoms with van der Waals surface area (Å²) in [6.45, 7) is 3.63. The minimum atomic E-state index is -0.700. The van der Waals surface area contributed by atoms with E-state index < -0.39 is 11.8 Å². The number of halogens is 1. The van der Waals surface area contributed by atoms with Crippen LogP contribution >= 0.6 is 0 Å². The van der Waals surface area contributed by atoms with Gasteiger partial charge >= 0.3 is 5.97 Å². The van der Waals surface area contributed by atoms with Crippen molar-refractivity contribution in [3.8, 4) is 34.2 Å². The second-order valence-corrected chi connectivity index (χ2v) is 9.34. The number of aromatic nitrogens is 3. The summed E-state index contributed by atoms with van der Waals surface area (Å²) < 4.78 is 20.9. The minimum absolute atomic E-state index is 0.0317. The molecule has 0 atom stereocenters. The maximum atomic E-state index is 15.5. The molecule has 3 heterocycles. The number of benzene rings is 3. The highest BCUT2D eigenvalue weighted by Crippen LogP contribution is 2.40. The number of ether oxygens (including phenoxy) is 1. The zero-order valence-electron chi connectivity index (χ0n) is 21.3. The highest BCUT2D eigenvalue weighted by Gasteiger charge is 2.24. The van der Waals surface area contributed by atoms with E-state index in [9.17, 15) is 10.1 Å².